The van der Waals surface area contributed by atoms with Crippen molar-refractivity contribution in [1.82, 2.24) is 0 Å². The summed E-state index contributed by atoms with van der Waals surface area (Å²) in [5.74, 6) is -0.779. The van der Waals surface area contributed by atoms with E-state index >= 15 is 0 Å². The van der Waals surface area contributed by atoms with Crippen molar-refractivity contribution in [1.29, 1.82) is 0 Å². The molecule has 0 aromatic heterocycles. The van der Waals surface area contributed by atoms with Crippen molar-refractivity contribution in [2.75, 3.05) is 12.0 Å². The van der Waals surface area contributed by atoms with E-state index in [9.17, 15) is 18.0 Å². The maximum Gasteiger partial charge on any atom is 0.491 e. The molecule has 0 atom stereocenters. The normalized spacial score (nSPS) is 11.2. The van der Waals surface area contributed by atoms with E-state index in [1.54, 1.807) is 6.07 Å². The van der Waals surface area contributed by atoms with Crippen LogP contribution in [0.3, 0.4) is 0 Å². The highest BCUT2D eigenvalue weighted by atomic mass is 79.9. The third kappa shape index (κ3) is 4.26. The Balaban J connectivity index is 2.47. The second kappa shape index (κ2) is 6.92. The topological polar surface area (TPSA) is 29.5 Å². The quantitative estimate of drug-likeness (QED) is 0.584. The van der Waals surface area contributed by atoms with Crippen molar-refractivity contribution in [3.8, 4) is 5.75 Å². The van der Waals surface area contributed by atoms with Crippen LogP contribution in [0.4, 0.5) is 18.9 Å². The van der Waals surface area contributed by atoms with Crippen molar-refractivity contribution in [2.45, 2.75) is 6.30 Å². The highest BCUT2D eigenvalue weighted by Gasteiger charge is 2.42. The molecule has 2 rings (SSSR count). The summed E-state index contributed by atoms with van der Waals surface area (Å²) in [7, 11) is 1.40. The number of benzene rings is 2. The van der Waals surface area contributed by atoms with Crippen molar-refractivity contribution in [3.05, 3.63) is 57.0 Å². The molecule has 0 N–H and O–H groups in total. The van der Waals surface area contributed by atoms with Gasteiger partial charge in [-0.25, -0.2) is 4.90 Å². The van der Waals surface area contributed by atoms with Crippen molar-refractivity contribution in [2.24, 2.45) is 0 Å². The second-order valence-corrected chi connectivity index (χ2v) is 6.30. The lowest BCUT2D eigenvalue weighted by Crippen LogP contribution is -2.43. The van der Waals surface area contributed by atoms with Crippen LogP contribution >= 0.6 is 31.9 Å². The Hall–Kier alpha value is -1.54. The van der Waals surface area contributed by atoms with Gasteiger partial charge in [0.05, 0.1) is 12.8 Å². The zero-order chi connectivity index (χ0) is 17.2. The van der Waals surface area contributed by atoms with Gasteiger partial charge in [0.25, 0.3) is 5.91 Å². The van der Waals surface area contributed by atoms with Gasteiger partial charge in [0, 0.05) is 14.5 Å². The number of halogens is 5. The molecule has 0 saturated heterocycles. The number of rotatable bonds is 3. The molecule has 1 amide bonds. The Morgan fingerprint density at radius 3 is 2.00 bits per heavy atom. The molecule has 0 spiro atoms. The minimum Gasteiger partial charge on any atom is -0.497 e. The molecule has 0 bridgehead atoms. The lowest BCUT2D eigenvalue weighted by atomic mass is 10.2. The van der Waals surface area contributed by atoms with Crippen LogP contribution in [-0.2, 0) is 0 Å². The number of ether oxygens (including phenoxy) is 1. The second-order valence-electron chi connectivity index (χ2n) is 4.46. The lowest BCUT2D eigenvalue weighted by Gasteiger charge is -2.25. The first-order valence-electron chi connectivity index (χ1n) is 6.24. The molecule has 3 nitrogen and oxygen atoms in total. The SMILES string of the molecule is COc1ccc(N(C(=O)c2cc(Br)cc(Br)c2)C(F)(F)F)cc1. The molecule has 0 heterocycles. The fourth-order valence-electron chi connectivity index (χ4n) is 1.92. The largest absolute Gasteiger partial charge is 0.497 e. The van der Waals surface area contributed by atoms with Crippen LogP contribution in [-0.4, -0.2) is 19.3 Å². The Kier molecular flexibility index (Phi) is 5.36. The summed E-state index contributed by atoms with van der Waals surface area (Å²) >= 11 is 6.31. The van der Waals surface area contributed by atoms with Crippen LogP contribution < -0.4 is 9.64 Å². The number of anilines is 1. The summed E-state index contributed by atoms with van der Waals surface area (Å²) in [6.07, 6.45) is -4.86. The van der Waals surface area contributed by atoms with Crippen LogP contribution in [0.2, 0.25) is 0 Å². The molecule has 23 heavy (non-hydrogen) atoms. The average Bonchev–Trinajstić information content (AvgIpc) is 2.45. The molecular weight excluding hydrogens is 443 g/mol. The summed E-state index contributed by atoms with van der Waals surface area (Å²) < 4.78 is 46.0. The molecule has 2 aromatic carbocycles. The first-order valence-corrected chi connectivity index (χ1v) is 7.82. The van der Waals surface area contributed by atoms with Gasteiger partial charge in [0.1, 0.15) is 5.75 Å². The van der Waals surface area contributed by atoms with E-state index in [1.165, 1.54) is 43.5 Å². The first kappa shape index (κ1) is 17.8. The Morgan fingerprint density at radius 2 is 1.57 bits per heavy atom. The molecule has 8 heteroatoms. The monoisotopic (exact) mass is 451 g/mol. The van der Waals surface area contributed by atoms with Crippen molar-refractivity contribution < 1.29 is 22.7 Å². The predicted octanol–water partition coefficient (Wildman–Crippen LogP) is 5.39. The van der Waals surface area contributed by atoms with Gasteiger partial charge in [0.2, 0.25) is 0 Å². The van der Waals surface area contributed by atoms with Crippen LogP contribution in [0, 0.1) is 0 Å². The summed E-state index contributed by atoms with van der Waals surface area (Å²) in [5, 5.41) is 0. The molecule has 0 fully saturated rings. The van der Waals surface area contributed by atoms with E-state index in [2.05, 4.69) is 31.9 Å². The number of carbonyl (C=O) groups excluding carboxylic acids is 1. The zero-order valence-corrected chi connectivity index (χ0v) is 14.9. The van der Waals surface area contributed by atoms with E-state index in [1.807, 2.05) is 0 Å². The van der Waals surface area contributed by atoms with Gasteiger partial charge in [-0.15, -0.1) is 13.2 Å². The highest BCUT2D eigenvalue weighted by Crippen LogP contribution is 2.32. The summed E-state index contributed by atoms with van der Waals surface area (Å²) in [6.45, 7) is 0. The Morgan fingerprint density at radius 1 is 1.04 bits per heavy atom. The van der Waals surface area contributed by atoms with Gasteiger partial charge < -0.3 is 4.74 Å². The number of hydrogen-bond acceptors (Lipinski definition) is 2. The third-order valence-electron chi connectivity index (χ3n) is 2.90. The highest BCUT2D eigenvalue weighted by molar-refractivity contribution is 9.11. The molecule has 0 saturated carbocycles. The van der Waals surface area contributed by atoms with E-state index < -0.39 is 12.2 Å². The maximum atomic E-state index is 13.4. The summed E-state index contributed by atoms with van der Waals surface area (Å²) in [5.41, 5.74) is -0.390. The minimum absolute atomic E-state index is 0.0978. The molecule has 2 aromatic rings. The Labute approximate surface area is 147 Å². The predicted molar refractivity (Wildman–Crippen MR) is 87.7 cm³/mol. The number of hydrogen-bond donors (Lipinski definition) is 0. The van der Waals surface area contributed by atoms with Crippen molar-refractivity contribution in [3.63, 3.8) is 0 Å². The van der Waals surface area contributed by atoms with Gasteiger partial charge in [-0.05, 0) is 42.5 Å². The number of amides is 1. The molecule has 0 aliphatic carbocycles. The third-order valence-corrected chi connectivity index (χ3v) is 3.81. The first-order chi connectivity index (χ1) is 10.7. The summed E-state index contributed by atoms with van der Waals surface area (Å²) in [6, 6.07) is 9.36. The molecule has 0 aliphatic rings. The van der Waals surface area contributed by atoms with E-state index in [0.717, 1.165) is 0 Å². The van der Waals surface area contributed by atoms with Gasteiger partial charge in [0.15, 0.2) is 0 Å². The van der Waals surface area contributed by atoms with Gasteiger partial charge >= 0.3 is 6.30 Å². The van der Waals surface area contributed by atoms with Crippen LogP contribution in [0.15, 0.2) is 51.4 Å². The zero-order valence-electron chi connectivity index (χ0n) is 11.7. The molecular formula is C15H10Br2F3NO2. The maximum absolute atomic E-state index is 13.4. The smallest absolute Gasteiger partial charge is 0.491 e. The number of alkyl halides is 3. The van der Waals surface area contributed by atoms with Crippen molar-refractivity contribution >= 4 is 43.5 Å². The van der Waals surface area contributed by atoms with E-state index in [-0.39, 0.29) is 16.2 Å². The number of nitrogens with zero attached hydrogens (tertiary/aromatic N) is 1. The molecule has 0 unspecified atom stereocenters. The van der Waals surface area contributed by atoms with E-state index in [4.69, 9.17) is 4.74 Å². The van der Waals surface area contributed by atoms with E-state index in [0.29, 0.717) is 14.7 Å². The van der Waals surface area contributed by atoms with Crippen LogP contribution in [0.25, 0.3) is 0 Å². The van der Waals surface area contributed by atoms with Gasteiger partial charge in [-0.1, -0.05) is 31.9 Å². The van der Waals surface area contributed by atoms with Crippen LogP contribution in [0.1, 0.15) is 10.4 Å². The minimum atomic E-state index is -4.86. The van der Waals surface area contributed by atoms with Gasteiger partial charge in [-0.3, -0.25) is 4.79 Å². The standard InChI is InChI=1S/C15H10Br2F3NO2/c1-23-13-4-2-12(3-5-13)21(15(18,19)20)14(22)9-6-10(16)8-11(17)7-9/h2-8H,1H3. The fourth-order valence-corrected chi connectivity index (χ4v) is 3.21. The fraction of sp³-hybridized carbons (Fsp3) is 0.133. The number of carbonyl (C=O) groups is 1. The molecule has 122 valence electrons. The van der Waals surface area contributed by atoms with Crippen LogP contribution in [0.5, 0.6) is 5.75 Å². The van der Waals surface area contributed by atoms with Gasteiger partial charge in [-0.2, -0.15) is 0 Å². The number of methoxy groups -OCH3 is 1. The molecule has 0 radical (unpaired) electrons. The summed E-state index contributed by atoms with van der Waals surface area (Å²) in [4.78, 5) is 12.2. The Bertz CT molecular complexity index is 697. The lowest BCUT2D eigenvalue weighted by molar-refractivity contribution is -0.122. The average molecular weight is 453 g/mol. The molecule has 0 aliphatic heterocycles.